The first kappa shape index (κ1) is 22.8. The van der Waals surface area contributed by atoms with Gasteiger partial charge in [-0.15, -0.1) is 0 Å². The van der Waals surface area contributed by atoms with Gasteiger partial charge in [-0.25, -0.2) is 4.39 Å². The van der Waals surface area contributed by atoms with Crippen molar-refractivity contribution in [1.82, 2.24) is 0 Å². The summed E-state index contributed by atoms with van der Waals surface area (Å²) in [5.74, 6) is 6.37. The zero-order valence-electron chi connectivity index (χ0n) is 19.6. The maximum Gasteiger partial charge on any atom is 0.134 e. The van der Waals surface area contributed by atoms with E-state index in [0.717, 1.165) is 34.9 Å². The van der Waals surface area contributed by atoms with Crippen LogP contribution in [0.15, 0.2) is 78.9 Å². The molecule has 0 aliphatic carbocycles. The molecule has 0 aliphatic heterocycles. The molecule has 0 nitrogen and oxygen atoms in total. The van der Waals surface area contributed by atoms with E-state index >= 15 is 4.39 Å². The fourth-order valence-electron chi connectivity index (χ4n) is 4.12. The van der Waals surface area contributed by atoms with Gasteiger partial charge in [0.1, 0.15) is 5.82 Å². The number of fused-ring (bicyclic) bond motifs is 1. The van der Waals surface area contributed by atoms with Gasteiger partial charge in [0.05, 0.1) is 0 Å². The van der Waals surface area contributed by atoms with Crippen molar-refractivity contribution >= 4 is 10.8 Å². The maximum atomic E-state index is 15.1. The average Bonchev–Trinajstić information content (AvgIpc) is 2.84. The third kappa shape index (κ3) is 6.11. The topological polar surface area (TPSA) is 0 Å². The van der Waals surface area contributed by atoms with Gasteiger partial charge in [0, 0.05) is 16.5 Å². The van der Waals surface area contributed by atoms with Gasteiger partial charge in [-0.3, -0.25) is 0 Å². The molecule has 4 aromatic rings. The van der Waals surface area contributed by atoms with Gasteiger partial charge in [-0.1, -0.05) is 91.8 Å². The summed E-state index contributed by atoms with van der Waals surface area (Å²) >= 11 is 0. The van der Waals surface area contributed by atoms with Crippen LogP contribution in [-0.4, -0.2) is 0 Å². The second kappa shape index (κ2) is 11.0. The highest BCUT2D eigenvalue weighted by atomic mass is 19.1. The van der Waals surface area contributed by atoms with E-state index in [1.54, 1.807) is 0 Å². The zero-order chi connectivity index (χ0) is 23.0. The molecule has 4 aromatic carbocycles. The smallest absolute Gasteiger partial charge is 0.134 e. The standard InChI is InChI=1S/C32H31F/c1-3-4-5-6-25-11-13-27(14-12-25)15-16-28-18-22-31-30(23-28)21-20-29(32(31)33)19-17-26-9-7-24(2)8-10-26/h7-14,18,20-23H,3-6,17,19H2,1-2H3. The highest BCUT2D eigenvalue weighted by Gasteiger charge is 2.08. The number of hydrogen-bond acceptors (Lipinski definition) is 0. The molecule has 0 aliphatic rings. The van der Waals surface area contributed by atoms with Crippen LogP contribution in [0, 0.1) is 24.6 Å². The van der Waals surface area contributed by atoms with Crippen LogP contribution in [0.3, 0.4) is 0 Å². The molecule has 0 spiro atoms. The Balaban J connectivity index is 1.45. The Morgan fingerprint density at radius 1 is 0.667 bits per heavy atom. The molecule has 0 unspecified atom stereocenters. The third-order valence-corrected chi connectivity index (χ3v) is 6.21. The van der Waals surface area contributed by atoms with Gasteiger partial charge < -0.3 is 0 Å². The summed E-state index contributed by atoms with van der Waals surface area (Å²) in [6.45, 7) is 4.31. The summed E-state index contributed by atoms with van der Waals surface area (Å²) in [7, 11) is 0. The van der Waals surface area contributed by atoms with E-state index in [-0.39, 0.29) is 5.82 Å². The predicted molar refractivity (Wildman–Crippen MR) is 138 cm³/mol. The monoisotopic (exact) mass is 434 g/mol. The lowest BCUT2D eigenvalue weighted by atomic mass is 9.99. The average molecular weight is 435 g/mol. The quantitative estimate of drug-likeness (QED) is 0.203. The molecule has 0 N–H and O–H groups in total. The van der Waals surface area contributed by atoms with Crippen molar-refractivity contribution < 1.29 is 4.39 Å². The summed E-state index contributed by atoms with van der Waals surface area (Å²) in [5.41, 5.74) is 6.52. The number of rotatable bonds is 7. The van der Waals surface area contributed by atoms with E-state index in [1.807, 2.05) is 30.3 Å². The van der Waals surface area contributed by atoms with Crippen molar-refractivity contribution in [3.63, 3.8) is 0 Å². The summed E-state index contributed by atoms with van der Waals surface area (Å²) < 4.78 is 15.1. The second-order valence-corrected chi connectivity index (χ2v) is 8.86. The van der Waals surface area contributed by atoms with Crippen LogP contribution >= 0.6 is 0 Å². The third-order valence-electron chi connectivity index (χ3n) is 6.21. The van der Waals surface area contributed by atoms with E-state index in [1.165, 1.54) is 36.0 Å². The molecule has 0 bridgehead atoms. The normalized spacial score (nSPS) is 10.8. The molecule has 0 saturated heterocycles. The maximum absolute atomic E-state index is 15.1. The molecular weight excluding hydrogens is 403 g/mol. The van der Waals surface area contributed by atoms with Crippen molar-refractivity contribution in [3.05, 3.63) is 118 Å². The van der Waals surface area contributed by atoms with Gasteiger partial charge in [0.2, 0.25) is 0 Å². The Kier molecular flexibility index (Phi) is 7.59. The van der Waals surface area contributed by atoms with Crippen LogP contribution in [0.1, 0.15) is 59.6 Å². The van der Waals surface area contributed by atoms with Crippen LogP contribution in [0.5, 0.6) is 0 Å². The van der Waals surface area contributed by atoms with Crippen LogP contribution < -0.4 is 0 Å². The van der Waals surface area contributed by atoms with Gasteiger partial charge in [0.25, 0.3) is 0 Å². The Bertz CT molecular complexity index is 1270. The van der Waals surface area contributed by atoms with Crippen molar-refractivity contribution in [2.45, 2.75) is 52.4 Å². The zero-order valence-corrected chi connectivity index (χ0v) is 19.6. The van der Waals surface area contributed by atoms with Crippen LogP contribution in [0.25, 0.3) is 10.8 Å². The highest BCUT2D eigenvalue weighted by molar-refractivity contribution is 5.85. The van der Waals surface area contributed by atoms with Crippen molar-refractivity contribution in [1.29, 1.82) is 0 Å². The van der Waals surface area contributed by atoms with Crippen molar-refractivity contribution in [3.8, 4) is 11.8 Å². The Hall–Kier alpha value is -3.37. The molecule has 0 amide bonds. The fraction of sp³-hybridized carbons (Fsp3) is 0.250. The minimum absolute atomic E-state index is 0.113. The van der Waals surface area contributed by atoms with Gasteiger partial charge in [0.15, 0.2) is 0 Å². The molecule has 166 valence electrons. The van der Waals surface area contributed by atoms with E-state index in [4.69, 9.17) is 0 Å². The summed E-state index contributed by atoms with van der Waals surface area (Å²) in [6.07, 6.45) is 6.42. The molecule has 0 saturated carbocycles. The van der Waals surface area contributed by atoms with Crippen molar-refractivity contribution in [2.24, 2.45) is 0 Å². The number of halogens is 1. The first-order valence-electron chi connectivity index (χ1n) is 12.0. The van der Waals surface area contributed by atoms with E-state index in [9.17, 15) is 0 Å². The number of hydrogen-bond donors (Lipinski definition) is 0. The van der Waals surface area contributed by atoms with Gasteiger partial charge >= 0.3 is 0 Å². The van der Waals surface area contributed by atoms with E-state index in [0.29, 0.717) is 11.8 Å². The van der Waals surface area contributed by atoms with Crippen molar-refractivity contribution in [2.75, 3.05) is 0 Å². The molecule has 0 radical (unpaired) electrons. The van der Waals surface area contributed by atoms with Crippen LogP contribution in [-0.2, 0) is 19.3 Å². The molecular formula is C32H31F. The van der Waals surface area contributed by atoms with Crippen LogP contribution in [0.4, 0.5) is 4.39 Å². The first-order chi connectivity index (χ1) is 16.1. The van der Waals surface area contributed by atoms with Gasteiger partial charge in [-0.2, -0.15) is 0 Å². The minimum atomic E-state index is -0.113. The molecule has 4 rings (SSSR count). The Labute approximate surface area is 197 Å². The number of aryl methyl sites for hydroxylation is 4. The number of unbranched alkanes of at least 4 members (excludes halogenated alkanes) is 2. The number of benzene rings is 4. The Morgan fingerprint density at radius 3 is 2.09 bits per heavy atom. The molecule has 0 heterocycles. The lowest BCUT2D eigenvalue weighted by molar-refractivity contribution is 0.620. The first-order valence-corrected chi connectivity index (χ1v) is 12.0. The van der Waals surface area contributed by atoms with E-state index in [2.05, 4.69) is 74.2 Å². The molecule has 33 heavy (non-hydrogen) atoms. The fourth-order valence-corrected chi connectivity index (χ4v) is 4.12. The highest BCUT2D eigenvalue weighted by Crippen LogP contribution is 2.23. The molecule has 0 atom stereocenters. The summed E-state index contributed by atoms with van der Waals surface area (Å²) in [5, 5.41) is 1.56. The molecule has 0 fully saturated rings. The molecule has 1 heteroatoms. The summed E-state index contributed by atoms with van der Waals surface area (Å²) in [4.78, 5) is 0. The Morgan fingerprint density at radius 2 is 1.33 bits per heavy atom. The lowest BCUT2D eigenvalue weighted by Gasteiger charge is -2.08. The predicted octanol–water partition coefficient (Wildman–Crippen LogP) is 8.21. The minimum Gasteiger partial charge on any atom is -0.206 e. The SMILES string of the molecule is CCCCCc1ccc(C#Cc2ccc3c(F)c(CCc4ccc(C)cc4)ccc3c2)cc1. The summed E-state index contributed by atoms with van der Waals surface area (Å²) in [6, 6.07) is 26.7. The largest absolute Gasteiger partial charge is 0.206 e. The lowest BCUT2D eigenvalue weighted by Crippen LogP contribution is -1.96. The van der Waals surface area contributed by atoms with Crippen LogP contribution in [0.2, 0.25) is 0 Å². The van der Waals surface area contributed by atoms with Gasteiger partial charge in [-0.05, 0) is 78.9 Å². The second-order valence-electron chi connectivity index (χ2n) is 8.86. The molecule has 0 aromatic heterocycles. The van der Waals surface area contributed by atoms with E-state index < -0.39 is 0 Å².